The van der Waals surface area contributed by atoms with Gasteiger partial charge < -0.3 is 5.32 Å². The predicted octanol–water partition coefficient (Wildman–Crippen LogP) is 3.44. The van der Waals surface area contributed by atoms with Crippen LogP contribution in [0.25, 0.3) is 0 Å². The van der Waals surface area contributed by atoms with Crippen molar-refractivity contribution >= 4 is 5.82 Å². The maximum absolute atomic E-state index is 4.41. The van der Waals surface area contributed by atoms with Gasteiger partial charge in [-0.15, -0.1) is 0 Å². The molecular weight excluding hydrogens is 210 g/mol. The zero-order valence-corrected chi connectivity index (χ0v) is 11.7. The van der Waals surface area contributed by atoms with Gasteiger partial charge in [-0.3, -0.25) is 4.68 Å². The van der Waals surface area contributed by atoms with Crippen molar-refractivity contribution in [3.05, 3.63) is 12.3 Å². The van der Waals surface area contributed by atoms with Gasteiger partial charge >= 0.3 is 0 Å². The van der Waals surface area contributed by atoms with Gasteiger partial charge in [-0.2, -0.15) is 5.10 Å². The first-order valence-electron chi connectivity index (χ1n) is 6.52. The van der Waals surface area contributed by atoms with Crippen LogP contribution in [0.2, 0.25) is 0 Å². The zero-order valence-electron chi connectivity index (χ0n) is 11.7. The van der Waals surface area contributed by atoms with Crippen LogP contribution in [0.15, 0.2) is 12.3 Å². The molecule has 1 saturated carbocycles. The standard InChI is InChI=1S/C14H25N3/c1-13(2)8-11(9-14(3,4)10-13)15-12-6-7-17(5)16-12/h6-7,11H,8-10H2,1-5H3,(H,15,16). The first-order chi connectivity index (χ1) is 7.76. The summed E-state index contributed by atoms with van der Waals surface area (Å²) in [5.74, 6) is 1.01. The lowest BCUT2D eigenvalue weighted by Crippen LogP contribution is -2.40. The van der Waals surface area contributed by atoms with Gasteiger partial charge in [0.25, 0.3) is 0 Å². The van der Waals surface area contributed by atoms with Crippen LogP contribution in [0, 0.1) is 10.8 Å². The van der Waals surface area contributed by atoms with Crippen molar-refractivity contribution in [3.8, 4) is 0 Å². The molecule has 0 unspecified atom stereocenters. The van der Waals surface area contributed by atoms with Crippen molar-refractivity contribution in [2.75, 3.05) is 5.32 Å². The van der Waals surface area contributed by atoms with E-state index in [1.807, 2.05) is 17.9 Å². The second-order valence-electron chi connectivity index (χ2n) is 7.13. The molecule has 1 heterocycles. The minimum Gasteiger partial charge on any atom is -0.366 e. The largest absolute Gasteiger partial charge is 0.366 e. The molecule has 17 heavy (non-hydrogen) atoms. The molecule has 0 bridgehead atoms. The number of rotatable bonds is 2. The summed E-state index contributed by atoms with van der Waals surface area (Å²) in [5, 5.41) is 7.99. The quantitative estimate of drug-likeness (QED) is 0.851. The summed E-state index contributed by atoms with van der Waals surface area (Å²) in [4.78, 5) is 0. The third-order valence-corrected chi connectivity index (χ3v) is 3.62. The first kappa shape index (κ1) is 12.5. The Hall–Kier alpha value is -0.990. The summed E-state index contributed by atoms with van der Waals surface area (Å²) in [7, 11) is 1.96. The summed E-state index contributed by atoms with van der Waals surface area (Å²) < 4.78 is 1.85. The van der Waals surface area contributed by atoms with Gasteiger partial charge in [0.15, 0.2) is 0 Å². The number of hydrogen-bond donors (Lipinski definition) is 1. The molecule has 0 radical (unpaired) electrons. The van der Waals surface area contributed by atoms with E-state index in [9.17, 15) is 0 Å². The lowest BCUT2D eigenvalue weighted by molar-refractivity contribution is 0.105. The van der Waals surface area contributed by atoms with Gasteiger partial charge in [-0.1, -0.05) is 27.7 Å². The SMILES string of the molecule is Cn1ccc(NC2CC(C)(C)CC(C)(C)C2)n1. The van der Waals surface area contributed by atoms with Crippen LogP contribution in [0.1, 0.15) is 47.0 Å². The number of nitrogens with zero attached hydrogens (tertiary/aromatic N) is 2. The Morgan fingerprint density at radius 2 is 1.82 bits per heavy atom. The molecule has 96 valence electrons. The molecule has 0 aliphatic heterocycles. The van der Waals surface area contributed by atoms with Crippen molar-refractivity contribution in [2.24, 2.45) is 17.9 Å². The van der Waals surface area contributed by atoms with E-state index in [1.165, 1.54) is 19.3 Å². The maximum Gasteiger partial charge on any atom is 0.148 e. The molecule has 3 nitrogen and oxygen atoms in total. The third kappa shape index (κ3) is 3.24. The highest BCUT2D eigenvalue weighted by Crippen LogP contribution is 2.46. The molecule has 1 N–H and O–H groups in total. The van der Waals surface area contributed by atoms with Crippen LogP contribution >= 0.6 is 0 Å². The molecule has 1 fully saturated rings. The van der Waals surface area contributed by atoms with Gasteiger partial charge in [0.05, 0.1) is 0 Å². The van der Waals surface area contributed by atoms with Crippen LogP contribution in [-0.2, 0) is 7.05 Å². The highest BCUT2D eigenvalue weighted by Gasteiger charge is 2.38. The Bertz CT molecular complexity index is 374. The Balaban J connectivity index is 2.06. The van der Waals surface area contributed by atoms with Crippen LogP contribution in [0.4, 0.5) is 5.82 Å². The van der Waals surface area contributed by atoms with E-state index < -0.39 is 0 Å². The number of anilines is 1. The van der Waals surface area contributed by atoms with Crippen LogP contribution in [0.5, 0.6) is 0 Å². The number of nitrogens with one attached hydrogen (secondary N) is 1. The minimum atomic E-state index is 0.425. The van der Waals surface area contributed by atoms with E-state index in [2.05, 4.69) is 44.2 Å². The lowest BCUT2D eigenvalue weighted by atomic mass is 9.63. The van der Waals surface area contributed by atoms with Crippen molar-refractivity contribution in [1.82, 2.24) is 9.78 Å². The zero-order chi connectivity index (χ0) is 12.7. The predicted molar refractivity (Wildman–Crippen MR) is 72.0 cm³/mol. The Morgan fingerprint density at radius 3 is 2.29 bits per heavy atom. The van der Waals surface area contributed by atoms with Crippen LogP contribution in [0.3, 0.4) is 0 Å². The molecule has 0 spiro atoms. The molecular formula is C14H25N3. The second kappa shape index (κ2) is 4.04. The molecule has 1 aliphatic rings. The molecule has 2 rings (SSSR count). The van der Waals surface area contributed by atoms with Gasteiger partial charge in [-0.25, -0.2) is 0 Å². The molecule has 0 aromatic carbocycles. The Kier molecular flexibility index (Phi) is 2.96. The average molecular weight is 235 g/mol. The fourth-order valence-electron chi connectivity index (χ4n) is 3.65. The number of hydrogen-bond acceptors (Lipinski definition) is 2. The van der Waals surface area contributed by atoms with Crippen molar-refractivity contribution in [3.63, 3.8) is 0 Å². The topological polar surface area (TPSA) is 29.9 Å². The second-order valence-corrected chi connectivity index (χ2v) is 7.13. The van der Waals surface area contributed by atoms with Gasteiger partial charge in [0.1, 0.15) is 5.82 Å². The van der Waals surface area contributed by atoms with Gasteiger partial charge in [0.2, 0.25) is 0 Å². The smallest absolute Gasteiger partial charge is 0.148 e. The summed E-state index contributed by atoms with van der Waals surface area (Å²) in [6, 6.07) is 2.60. The first-order valence-corrected chi connectivity index (χ1v) is 6.52. The highest BCUT2D eigenvalue weighted by atomic mass is 15.3. The van der Waals surface area contributed by atoms with Crippen LogP contribution in [-0.4, -0.2) is 15.8 Å². The van der Waals surface area contributed by atoms with Gasteiger partial charge in [-0.05, 0) is 30.1 Å². The molecule has 0 amide bonds. The van der Waals surface area contributed by atoms with Crippen molar-refractivity contribution < 1.29 is 0 Å². The van der Waals surface area contributed by atoms with E-state index in [0.29, 0.717) is 16.9 Å². The maximum atomic E-state index is 4.41. The summed E-state index contributed by atoms with van der Waals surface area (Å²) in [5.41, 5.74) is 0.850. The normalized spacial score (nSPS) is 23.6. The van der Waals surface area contributed by atoms with Crippen LogP contribution < -0.4 is 5.32 Å². The number of aryl methyl sites for hydroxylation is 1. The molecule has 0 saturated heterocycles. The molecule has 3 heteroatoms. The van der Waals surface area contributed by atoms with E-state index in [-0.39, 0.29) is 0 Å². The van der Waals surface area contributed by atoms with E-state index in [0.717, 1.165) is 5.82 Å². The fraction of sp³-hybridized carbons (Fsp3) is 0.786. The number of aromatic nitrogens is 2. The van der Waals surface area contributed by atoms with Gasteiger partial charge in [0, 0.05) is 25.4 Å². The van der Waals surface area contributed by atoms with E-state index in [4.69, 9.17) is 0 Å². The minimum absolute atomic E-state index is 0.425. The van der Waals surface area contributed by atoms with E-state index >= 15 is 0 Å². The van der Waals surface area contributed by atoms with Crippen molar-refractivity contribution in [2.45, 2.75) is 53.0 Å². The van der Waals surface area contributed by atoms with Crippen molar-refractivity contribution in [1.29, 1.82) is 0 Å². The molecule has 1 aromatic heterocycles. The van der Waals surface area contributed by atoms with E-state index in [1.54, 1.807) is 0 Å². The molecule has 1 aliphatic carbocycles. The fourth-order valence-corrected chi connectivity index (χ4v) is 3.65. The third-order valence-electron chi connectivity index (χ3n) is 3.62. The average Bonchev–Trinajstić information content (AvgIpc) is 2.44. The monoisotopic (exact) mass is 235 g/mol. The molecule has 1 aromatic rings. The lowest BCUT2D eigenvalue weighted by Gasteiger charge is -2.45. The summed E-state index contributed by atoms with van der Waals surface area (Å²) >= 11 is 0. The highest BCUT2D eigenvalue weighted by molar-refractivity contribution is 5.34. The molecule has 0 atom stereocenters. The Labute approximate surface area is 105 Å². The summed E-state index contributed by atoms with van der Waals surface area (Å²) in [6.45, 7) is 9.50. The Morgan fingerprint density at radius 1 is 1.24 bits per heavy atom. The summed E-state index contributed by atoms with van der Waals surface area (Å²) in [6.07, 6.45) is 5.75.